The second-order valence-corrected chi connectivity index (χ2v) is 6.08. The third-order valence-electron chi connectivity index (χ3n) is 3.32. The molecule has 3 rings (SSSR count). The number of H-pyrrole nitrogens is 1. The predicted octanol–water partition coefficient (Wildman–Crippen LogP) is 5.21. The van der Waals surface area contributed by atoms with Gasteiger partial charge in [-0.3, -0.25) is 4.57 Å². The standard InChI is InChI=1S/C15H12BrFN2S/c1-8-3-4-12-14(5-8)19(15(20)18-12)13-7-10(16)11(17)6-9(13)2/h3-7H,1-2H3,(H,18,20). The predicted molar refractivity (Wildman–Crippen MR) is 85.6 cm³/mol. The van der Waals surface area contributed by atoms with Gasteiger partial charge in [-0.1, -0.05) is 6.07 Å². The van der Waals surface area contributed by atoms with Gasteiger partial charge >= 0.3 is 0 Å². The first-order valence-electron chi connectivity index (χ1n) is 6.15. The fourth-order valence-electron chi connectivity index (χ4n) is 2.33. The molecular formula is C15H12BrFN2S. The van der Waals surface area contributed by atoms with Gasteiger partial charge < -0.3 is 4.98 Å². The average Bonchev–Trinajstić information content (AvgIpc) is 2.69. The lowest BCUT2D eigenvalue weighted by atomic mass is 10.1. The fourth-order valence-corrected chi connectivity index (χ4v) is 2.97. The van der Waals surface area contributed by atoms with Crippen molar-refractivity contribution in [1.29, 1.82) is 0 Å². The van der Waals surface area contributed by atoms with Gasteiger partial charge in [0.15, 0.2) is 4.77 Å². The molecule has 0 spiro atoms. The monoisotopic (exact) mass is 350 g/mol. The zero-order valence-corrected chi connectivity index (χ0v) is 13.4. The highest BCUT2D eigenvalue weighted by Crippen LogP contribution is 2.27. The molecule has 5 heteroatoms. The molecule has 0 radical (unpaired) electrons. The van der Waals surface area contributed by atoms with Crippen molar-refractivity contribution in [3.63, 3.8) is 0 Å². The van der Waals surface area contributed by atoms with Crippen LogP contribution in [0.3, 0.4) is 0 Å². The second kappa shape index (κ2) is 4.82. The minimum absolute atomic E-state index is 0.270. The minimum Gasteiger partial charge on any atom is -0.330 e. The molecule has 0 aliphatic heterocycles. The molecule has 2 nitrogen and oxygen atoms in total. The van der Waals surface area contributed by atoms with E-state index in [4.69, 9.17) is 12.2 Å². The number of aryl methyl sites for hydroxylation is 2. The SMILES string of the molecule is Cc1ccc2[nH]c(=S)n(-c3cc(Br)c(F)cc3C)c2c1. The largest absolute Gasteiger partial charge is 0.330 e. The van der Waals surface area contributed by atoms with Crippen LogP contribution in [-0.2, 0) is 0 Å². The lowest BCUT2D eigenvalue weighted by Gasteiger charge is -2.10. The van der Waals surface area contributed by atoms with Crippen molar-refractivity contribution in [3.8, 4) is 5.69 Å². The highest BCUT2D eigenvalue weighted by Gasteiger charge is 2.11. The summed E-state index contributed by atoms with van der Waals surface area (Å²) in [5.41, 5.74) is 4.83. The van der Waals surface area contributed by atoms with E-state index in [2.05, 4.69) is 27.0 Å². The highest BCUT2D eigenvalue weighted by molar-refractivity contribution is 9.10. The summed E-state index contributed by atoms with van der Waals surface area (Å²) >= 11 is 8.65. The van der Waals surface area contributed by atoms with E-state index in [0.717, 1.165) is 27.8 Å². The molecule has 3 aromatic rings. The van der Waals surface area contributed by atoms with E-state index in [1.54, 1.807) is 6.07 Å². The first-order valence-corrected chi connectivity index (χ1v) is 7.35. The lowest BCUT2D eigenvalue weighted by molar-refractivity contribution is 0.619. The molecule has 0 atom stereocenters. The number of benzene rings is 2. The molecule has 0 saturated heterocycles. The van der Waals surface area contributed by atoms with Gasteiger partial charge in [0, 0.05) is 0 Å². The Morgan fingerprint density at radius 1 is 1.20 bits per heavy atom. The molecule has 0 bridgehead atoms. The Bertz CT molecular complexity index is 879. The Hall–Kier alpha value is -1.46. The van der Waals surface area contributed by atoms with E-state index >= 15 is 0 Å². The summed E-state index contributed by atoms with van der Waals surface area (Å²) in [5, 5.41) is 0. The van der Waals surface area contributed by atoms with Crippen LogP contribution in [0.1, 0.15) is 11.1 Å². The zero-order valence-electron chi connectivity index (χ0n) is 11.0. The van der Waals surface area contributed by atoms with Crippen molar-refractivity contribution in [2.75, 3.05) is 0 Å². The van der Waals surface area contributed by atoms with Crippen LogP contribution in [0.25, 0.3) is 16.7 Å². The number of hydrogen-bond donors (Lipinski definition) is 1. The maximum Gasteiger partial charge on any atom is 0.182 e. The minimum atomic E-state index is -0.270. The summed E-state index contributed by atoms with van der Waals surface area (Å²) in [4.78, 5) is 3.18. The lowest BCUT2D eigenvalue weighted by Crippen LogP contribution is -1.98. The number of halogens is 2. The smallest absolute Gasteiger partial charge is 0.182 e. The van der Waals surface area contributed by atoms with Crippen molar-refractivity contribution in [2.45, 2.75) is 13.8 Å². The van der Waals surface area contributed by atoms with Gasteiger partial charge in [0.25, 0.3) is 0 Å². The Labute approximate surface area is 129 Å². The molecule has 102 valence electrons. The first kappa shape index (κ1) is 13.5. The van der Waals surface area contributed by atoms with Crippen molar-refractivity contribution >= 4 is 39.2 Å². The molecular weight excluding hydrogens is 339 g/mol. The zero-order chi connectivity index (χ0) is 14.4. The maximum absolute atomic E-state index is 13.6. The van der Waals surface area contributed by atoms with Crippen LogP contribution in [-0.4, -0.2) is 9.55 Å². The molecule has 0 unspecified atom stereocenters. The molecule has 0 fully saturated rings. The molecule has 1 aromatic heterocycles. The molecule has 0 saturated carbocycles. The van der Waals surface area contributed by atoms with Crippen LogP contribution in [0, 0.1) is 24.4 Å². The van der Waals surface area contributed by atoms with E-state index < -0.39 is 0 Å². The summed E-state index contributed by atoms with van der Waals surface area (Å²) in [5.74, 6) is -0.270. The van der Waals surface area contributed by atoms with Gasteiger partial charge in [0.05, 0.1) is 21.2 Å². The number of rotatable bonds is 1. The van der Waals surface area contributed by atoms with Gasteiger partial charge in [0.1, 0.15) is 5.82 Å². The number of aromatic amines is 1. The highest BCUT2D eigenvalue weighted by atomic mass is 79.9. The normalized spacial score (nSPS) is 11.2. The maximum atomic E-state index is 13.6. The van der Waals surface area contributed by atoms with Crippen LogP contribution in [0.15, 0.2) is 34.8 Å². The molecule has 1 N–H and O–H groups in total. The molecule has 0 aliphatic carbocycles. The Morgan fingerprint density at radius 3 is 2.70 bits per heavy atom. The van der Waals surface area contributed by atoms with Crippen LogP contribution in [0.2, 0.25) is 0 Å². The van der Waals surface area contributed by atoms with Crippen molar-refractivity contribution in [2.24, 2.45) is 0 Å². The number of nitrogens with one attached hydrogen (secondary N) is 1. The summed E-state index contributed by atoms with van der Waals surface area (Å²) in [6.45, 7) is 3.91. The third kappa shape index (κ3) is 2.11. The Morgan fingerprint density at radius 2 is 1.95 bits per heavy atom. The molecule has 1 heterocycles. The van der Waals surface area contributed by atoms with E-state index in [9.17, 15) is 4.39 Å². The quantitative estimate of drug-likeness (QED) is 0.597. The number of aromatic nitrogens is 2. The van der Waals surface area contributed by atoms with Crippen LogP contribution < -0.4 is 0 Å². The molecule has 0 amide bonds. The number of hydrogen-bond acceptors (Lipinski definition) is 1. The summed E-state index contributed by atoms with van der Waals surface area (Å²) in [6.07, 6.45) is 0. The van der Waals surface area contributed by atoms with E-state index in [0.29, 0.717) is 9.24 Å². The third-order valence-corrected chi connectivity index (χ3v) is 4.21. The average molecular weight is 351 g/mol. The summed E-state index contributed by atoms with van der Waals surface area (Å²) < 4.78 is 16.6. The second-order valence-electron chi connectivity index (χ2n) is 4.84. The van der Waals surface area contributed by atoms with E-state index in [-0.39, 0.29) is 5.82 Å². The van der Waals surface area contributed by atoms with Crippen LogP contribution in [0.5, 0.6) is 0 Å². The van der Waals surface area contributed by atoms with Gasteiger partial charge in [-0.05, 0) is 77.4 Å². The Balaban J connectivity index is 2.40. The molecule has 0 aliphatic rings. The van der Waals surface area contributed by atoms with Gasteiger partial charge in [0.2, 0.25) is 0 Å². The van der Waals surface area contributed by atoms with Crippen LogP contribution >= 0.6 is 28.1 Å². The Kier molecular flexibility index (Phi) is 3.26. The number of imidazole rings is 1. The topological polar surface area (TPSA) is 20.7 Å². The van der Waals surface area contributed by atoms with Gasteiger partial charge in [-0.2, -0.15) is 0 Å². The molecule has 20 heavy (non-hydrogen) atoms. The van der Waals surface area contributed by atoms with Crippen LogP contribution in [0.4, 0.5) is 4.39 Å². The fraction of sp³-hybridized carbons (Fsp3) is 0.133. The van der Waals surface area contributed by atoms with E-state index in [1.807, 2.05) is 30.5 Å². The number of fused-ring (bicyclic) bond motifs is 1. The summed E-state index contributed by atoms with van der Waals surface area (Å²) in [6, 6.07) is 9.38. The van der Waals surface area contributed by atoms with Crippen molar-refractivity contribution in [3.05, 3.63) is 56.5 Å². The van der Waals surface area contributed by atoms with Gasteiger partial charge in [-0.15, -0.1) is 0 Å². The van der Waals surface area contributed by atoms with Crippen molar-refractivity contribution in [1.82, 2.24) is 9.55 Å². The summed E-state index contributed by atoms with van der Waals surface area (Å²) in [7, 11) is 0. The molecule has 2 aromatic carbocycles. The van der Waals surface area contributed by atoms with Gasteiger partial charge in [-0.25, -0.2) is 4.39 Å². The number of nitrogens with zero attached hydrogens (tertiary/aromatic N) is 1. The van der Waals surface area contributed by atoms with E-state index in [1.165, 1.54) is 6.07 Å². The first-order chi connectivity index (χ1) is 9.47. The van der Waals surface area contributed by atoms with Crippen molar-refractivity contribution < 1.29 is 4.39 Å².